The second-order valence-electron chi connectivity index (χ2n) is 4.34. The minimum Gasteiger partial charge on any atom is -0.478 e. The first-order chi connectivity index (χ1) is 9.81. The normalized spacial score (nSPS) is 11.1. The van der Waals surface area contributed by atoms with Crippen molar-refractivity contribution >= 4 is 27.5 Å². The Morgan fingerprint density at radius 2 is 2.05 bits per heavy atom. The Morgan fingerprint density at radius 3 is 2.67 bits per heavy atom. The molecule has 0 spiro atoms. The number of aromatic nitrogens is 1. The summed E-state index contributed by atoms with van der Waals surface area (Å²) in [5.41, 5.74) is 5.95. The lowest BCUT2D eigenvalue weighted by Crippen LogP contribution is -2.18. The lowest BCUT2D eigenvalue weighted by molar-refractivity contribution is 0.0692. The van der Waals surface area contributed by atoms with E-state index in [1.807, 2.05) is 0 Å². The fourth-order valence-corrected chi connectivity index (χ4v) is 3.03. The third-order valence-corrected chi connectivity index (χ3v) is 4.14. The molecule has 4 N–H and O–H groups in total. The van der Waals surface area contributed by atoms with Gasteiger partial charge in [0.1, 0.15) is 10.7 Å². The van der Waals surface area contributed by atoms with E-state index in [0.717, 1.165) is 12.1 Å². The molecule has 2 rings (SSSR count). The van der Waals surface area contributed by atoms with E-state index in [2.05, 4.69) is 9.71 Å². The molecular formula is C13H13N3O4S. The number of nitrogen functional groups attached to an aromatic ring is 1. The zero-order chi connectivity index (χ0) is 15.6. The number of nitrogens with two attached hydrogens (primary N) is 1. The molecule has 1 heterocycles. The number of aromatic carboxylic acids is 1. The Morgan fingerprint density at radius 1 is 1.33 bits per heavy atom. The van der Waals surface area contributed by atoms with Crippen LogP contribution in [0.15, 0.2) is 41.4 Å². The number of nitrogens with one attached hydrogen (secondary N) is 1. The van der Waals surface area contributed by atoms with Gasteiger partial charge in [-0.05, 0) is 36.8 Å². The zero-order valence-corrected chi connectivity index (χ0v) is 11.9. The van der Waals surface area contributed by atoms with E-state index in [9.17, 15) is 13.2 Å². The maximum Gasteiger partial charge on any atom is 0.337 e. The van der Waals surface area contributed by atoms with Crippen molar-refractivity contribution in [2.24, 2.45) is 0 Å². The molecule has 0 aliphatic rings. The summed E-state index contributed by atoms with van der Waals surface area (Å²) < 4.78 is 27.0. The molecule has 1 aromatic heterocycles. The molecule has 0 saturated heterocycles. The summed E-state index contributed by atoms with van der Waals surface area (Å²) in [5.74, 6) is -1.22. The molecule has 0 radical (unpaired) electrons. The van der Waals surface area contributed by atoms with E-state index in [4.69, 9.17) is 10.8 Å². The summed E-state index contributed by atoms with van der Waals surface area (Å²) >= 11 is 0. The van der Waals surface area contributed by atoms with Crippen molar-refractivity contribution in [1.82, 2.24) is 4.98 Å². The molecule has 2 aromatic rings. The summed E-state index contributed by atoms with van der Waals surface area (Å²) in [5, 5.41) is 9.09. The van der Waals surface area contributed by atoms with Gasteiger partial charge in [0.05, 0.1) is 5.56 Å². The molecule has 110 valence electrons. The van der Waals surface area contributed by atoms with Crippen LogP contribution in [0, 0.1) is 6.92 Å². The molecule has 0 aliphatic carbocycles. The van der Waals surface area contributed by atoms with Gasteiger partial charge in [0, 0.05) is 11.9 Å². The molecule has 0 atom stereocenters. The number of aryl methyl sites for hydroxylation is 1. The van der Waals surface area contributed by atoms with E-state index in [0.29, 0.717) is 5.56 Å². The van der Waals surface area contributed by atoms with E-state index in [1.54, 1.807) is 19.1 Å². The van der Waals surface area contributed by atoms with Crippen LogP contribution in [0.1, 0.15) is 15.9 Å². The molecule has 0 unspecified atom stereocenters. The van der Waals surface area contributed by atoms with Crippen molar-refractivity contribution in [1.29, 1.82) is 0 Å². The zero-order valence-electron chi connectivity index (χ0n) is 11.1. The van der Waals surface area contributed by atoms with Gasteiger partial charge >= 0.3 is 5.97 Å². The van der Waals surface area contributed by atoms with Crippen molar-refractivity contribution in [3.63, 3.8) is 0 Å². The molecule has 0 bridgehead atoms. The van der Waals surface area contributed by atoms with Gasteiger partial charge in [-0.3, -0.25) is 4.72 Å². The van der Waals surface area contributed by atoms with Gasteiger partial charge in [-0.15, -0.1) is 0 Å². The van der Waals surface area contributed by atoms with Crippen LogP contribution in [0.3, 0.4) is 0 Å². The average Bonchev–Trinajstić information content (AvgIpc) is 2.41. The molecule has 0 amide bonds. The van der Waals surface area contributed by atoms with Gasteiger partial charge in [-0.25, -0.2) is 18.2 Å². The Kier molecular flexibility index (Phi) is 3.81. The van der Waals surface area contributed by atoms with Gasteiger partial charge < -0.3 is 10.8 Å². The number of pyridine rings is 1. The Hall–Kier alpha value is -2.61. The van der Waals surface area contributed by atoms with Crippen LogP contribution in [0.2, 0.25) is 0 Å². The summed E-state index contributed by atoms with van der Waals surface area (Å²) in [6.45, 7) is 1.68. The molecule has 1 aromatic carbocycles. The highest BCUT2D eigenvalue weighted by atomic mass is 32.2. The summed E-state index contributed by atoms with van der Waals surface area (Å²) in [6.07, 6.45) is 1.43. The lowest BCUT2D eigenvalue weighted by Gasteiger charge is -2.11. The van der Waals surface area contributed by atoms with E-state index in [1.165, 1.54) is 12.3 Å². The molecule has 21 heavy (non-hydrogen) atoms. The minimum atomic E-state index is -4.11. The number of nitrogens with zero attached hydrogens (tertiary/aromatic N) is 1. The number of rotatable bonds is 4. The first-order valence-corrected chi connectivity index (χ1v) is 7.37. The second kappa shape index (κ2) is 5.41. The quantitative estimate of drug-likeness (QED) is 0.735. The van der Waals surface area contributed by atoms with Gasteiger partial charge in [0.25, 0.3) is 10.0 Å². The Balaban J connectivity index is 2.52. The van der Waals surface area contributed by atoms with E-state index in [-0.39, 0.29) is 17.1 Å². The maximum absolute atomic E-state index is 12.4. The number of anilines is 2. The van der Waals surface area contributed by atoms with Crippen molar-refractivity contribution in [2.75, 3.05) is 10.5 Å². The van der Waals surface area contributed by atoms with Gasteiger partial charge in [0.2, 0.25) is 0 Å². The monoisotopic (exact) mass is 307 g/mol. The van der Waals surface area contributed by atoms with Crippen LogP contribution < -0.4 is 10.5 Å². The summed E-state index contributed by atoms with van der Waals surface area (Å²) in [4.78, 5) is 14.7. The average molecular weight is 307 g/mol. The maximum atomic E-state index is 12.4. The van der Waals surface area contributed by atoms with Crippen molar-refractivity contribution in [3.05, 3.63) is 47.7 Å². The van der Waals surface area contributed by atoms with Crippen molar-refractivity contribution in [3.8, 4) is 0 Å². The first kappa shape index (κ1) is 14.8. The van der Waals surface area contributed by atoms with Crippen LogP contribution in [-0.2, 0) is 10.0 Å². The molecule has 0 saturated carbocycles. The number of hydrogen-bond acceptors (Lipinski definition) is 5. The van der Waals surface area contributed by atoms with Crippen LogP contribution >= 0.6 is 0 Å². The number of carboxylic acid groups (broad SMARTS) is 1. The predicted molar refractivity (Wildman–Crippen MR) is 77.6 cm³/mol. The Labute approximate surface area is 121 Å². The van der Waals surface area contributed by atoms with Crippen molar-refractivity contribution < 1.29 is 18.3 Å². The topological polar surface area (TPSA) is 122 Å². The highest BCUT2D eigenvalue weighted by Gasteiger charge is 2.23. The van der Waals surface area contributed by atoms with Crippen LogP contribution in [-0.4, -0.2) is 24.5 Å². The van der Waals surface area contributed by atoms with Gasteiger partial charge in [-0.2, -0.15) is 0 Å². The number of carboxylic acids is 1. The number of carbonyl (C=O) groups is 1. The molecule has 0 fully saturated rings. The lowest BCUT2D eigenvalue weighted by atomic mass is 10.2. The predicted octanol–water partition coefficient (Wildman–Crippen LogP) is 1.47. The van der Waals surface area contributed by atoms with E-state index >= 15 is 0 Å². The number of hydrogen-bond donors (Lipinski definition) is 3. The Bertz CT molecular complexity index is 803. The highest BCUT2D eigenvalue weighted by molar-refractivity contribution is 7.92. The number of benzene rings is 1. The van der Waals surface area contributed by atoms with Crippen LogP contribution in [0.25, 0.3) is 0 Å². The van der Waals surface area contributed by atoms with Crippen LogP contribution in [0.4, 0.5) is 11.5 Å². The highest BCUT2D eigenvalue weighted by Crippen LogP contribution is 2.22. The molecular weight excluding hydrogens is 294 g/mol. The third kappa shape index (κ3) is 3.11. The molecule has 7 nitrogen and oxygen atoms in total. The SMILES string of the molecule is Cc1cccnc1NS(=O)(=O)c1cc(N)ccc1C(=O)O. The van der Waals surface area contributed by atoms with Gasteiger partial charge in [-0.1, -0.05) is 6.07 Å². The minimum absolute atomic E-state index is 0.135. The largest absolute Gasteiger partial charge is 0.478 e. The summed E-state index contributed by atoms with van der Waals surface area (Å²) in [7, 11) is -4.11. The summed E-state index contributed by atoms with van der Waals surface area (Å²) in [6, 6.07) is 6.93. The van der Waals surface area contributed by atoms with Crippen molar-refractivity contribution in [2.45, 2.75) is 11.8 Å². The fourth-order valence-electron chi connectivity index (χ4n) is 1.71. The van der Waals surface area contributed by atoms with E-state index < -0.39 is 20.9 Å². The third-order valence-electron chi connectivity index (χ3n) is 2.77. The standard InChI is InChI=1S/C13H13N3O4S/c1-8-3-2-6-15-12(8)16-21(19,20)11-7-9(14)4-5-10(11)13(17)18/h2-7H,14H2,1H3,(H,15,16)(H,17,18). The first-order valence-electron chi connectivity index (χ1n) is 5.88. The molecule has 8 heteroatoms. The smallest absolute Gasteiger partial charge is 0.337 e. The number of sulfonamides is 1. The second-order valence-corrected chi connectivity index (χ2v) is 5.99. The fraction of sp³-hybridized carbons (Fsp3) is 0.0769. The molecule has 0 aliphatic heterocycles. The van der Waals surface area contributed by atoms with Crippen LogP contribution in [0.5, 0.6) is 0 Å². The van der Waals surface area contributed by atoms with Gasteiger partial charge in [0.15, 0.2) is 0 Å².